The number of rotatable bonds is 70. The molecule has 1 unspecified atom stereocenters. The van der Waals surface area contributed by atoms with Crippen molar-refractivity contribution in [3.63, 3.8) is 0 Å². The molecule has 1 N–H and O–H groups in total. The van der Waals surface area contributed by atoms with Gasteiger partial charge in [-0.05, 0) is 51.4 Å². The van der Waals surface area contributed by atoms with E-state index in [4.69, 9.17) is 9.47 Å². The molecule has 478 valence electrons. The molecule has 0 saturated carbocycles. The van der Waals surface area contributed by atoms with E-state index in [1.165, 1.54) is 347 Å². The molecule has 0 heterocycles. The van der Waals surface area contributed by atoms with Gasteiger partial charge in [0.25, 0.3) is 0 Å². The van der Waals surface area contributed by atoms with Gasteiger partial charge in [-0.25, -0.2) is 0 Å². The molecule has 0 aromatic heterocycles. The Hall–Kier alpha value is -1.88. The van der Waals surface area contributed by atoms with E-state index in [1.807, 2.05) is 0 Å². The van der Waals surface area contributed by atoms with Crippen LogP contribution in [0.15, 0.2) is 36.5 Å². The zero-order chi connectivity index (χ0) is 58.4. The number of unbranched alkanes of at least 4 members (excludes halogenated alkanes) is 56. The molecule has 0 rings (SSSR count). The van der Waals surface area contributed by atoms with Gasteiger partial charge in [0.15, 0.2) is 6.10 Å². The highest BCUT2D eigenvalue weighted by Crippen LogP contribution is 2.20. The molecule has 0 bridgehead atoms. The molecular formula is C76H144O5. The highest BCUT2D eigenvalue weighted by atomic mass is 16.6. The molecular weight excluding hydrogens is 993 g/mol. The molecule has 0 aliphatic carbocycles. The van der Waals surface area contributed by atoms with Gasteiger partial charge < -0.3 is 14.6 Å². The van der Waals surface area contributed by atoms with Crippen molar-refractivity contribution in [3.8, 4) is 0 Å². The fourth-order valence-electron chi connectivity index (χ4n) is 11.6. The average Bonchev–Trinajstić information content (AvgIpc) is 3.47. The Morgan fingerprint density at radius 2 is 0.494 bits per heavy atom. The Morgan fingerprint density at radius 3 is 0.741 bits per heavy atom. The highest BCUT2D eigenvalue weighted by Gasteiger charge is 2.16. The van der Waals surface area contributed by atoms with Crippen LogP contribution in [0.25, 0.3) is 0 Å². The maximum atomic E-state index is 12.4. The van der Waals surface area contributed by atoms with Crippen molar-refractivity contribution < 1.29 is 24.2 Å². The Balaban J connectivity index is 3.37. The third kappa shape index (κ3) is 70.5. The number of carbonyl (C=O) groups excluding carboxylic acids is 2. The summed E-state index contributed by atoms with van der Waals surface area (Å²) in [6.07, 6.45) is 96.4. The normalized spacial score (nSPS) is 12.3. The van der Waals surface area contributed by atoms with Crippen molar-refractivity contribution in [1.82, 2.24) is 0 Å². The summed E-state index contributed by atoms with van der Waals surface area (Å²) in [7, 11) is 0. The van der Waals surface area contributed by atoms with Crippen LogP contribution in [0, 0.1) is 0 Å². The van der Waals surface area contributed by atoms with E-state index in [1.54, 1.807) is 0 Å². The Labute approximate surface area is 507 Å². The monoisotopic (exact) mass is 1140 g/mol. The van der Waals surface area contributed by atoms with Crippen LogP contribution in [0.1, 0.15) is 418 Å². The quantitative estimate of drug-likeness (QED) is 0.0373. The second kappa shape index (κ2) is 72.4. The van der Waals surface area contributed by atoms with E-state index in [0.29, 0.717) is 12.8 Å². The van der Waals surface area contributed by atoms with Crippen LogP contribution in [0.5, 0.6) is 0 Å². The Kier molecular flexibility index (Phi) is 70.7. The van der Waals surface area contributed by atoms with E-state index >= 15 is 0 Å². The number of hydrogen-bond donors (Lipinski definition) is 1. The van der Waals surface area contributed by atoms with Crippen LogP contribution in [-0.2, 0) is 19.1 Å². The number of aliphatic hydroxyl groups is 1. The van der Waals surface area contributed by atoms with Crippen molar-refractivity contribution in [3.05, 3.63) is 36.5 Å². The minimum atomic E-state index is -0.769. The van der Waals surface area contributed by atoms with E-state index in [-0.39, 0.29) is 25.2 Å². The van der Waals surface area contributed by atoms with Crippen LogP contribution in [0.2, 0.25) is 0 Å². The first-order valence-corrected chi connectivity index (χ1v) is 37.0. The lowest BCUT2D eigenvalue weighted by atomic mass is 10.0. The van der Waals surface area contributed by atoms with Gasteiger partial charge in [0.2, 0.25) is 0 Å². The number of esters is 2. The molecule has 81 heavy (non-hydrogen) atoms. The van der Waals surface area contributed by atoms with Gasteiger partial charge in [-0.1, -0.05) is 391 Å². The summed E-state index contributed by atoms with van der Waals surface area (Å²) in [5.74, 6) is -0.563. The van der Waals surface area contributed by atoms with Crippen LogP contribution in [0.4, 0.5) is 0 Å². The van der Waals surface area contributed by atoms with Crippen molar-refractivity contribution in [2.75, 3.05) is 13.2 Å². The van der Waals surface area contributed by atoms with Crippen LogP contribution < -0.4 is 0 Å². The lowest BCUT2D eigenvalue weighted by Crippen LogP contribution is -2.28. The first kappa shape index (κ1) is 79.1. The number of aliphatic hydroxyl groups excluding tert-OH is 1. The summed E-state index contributed by atoms with van der Waals surface area (Å²) in [4.78, 5) is 24.7. The van der Waals surface area contributed by atoms with Crippen LogP contribution in [0.3, 0.4) is 0 Å². The second-order valence-corrected chi connectivity index (χ2v) is 25.4. The molecule has 0 amide bonds. The van der Waals surface area contributed by atoms with Gasteiger partial charge in [-0.2, -0.15) is 0 Å². The summed E-state index contributed by atoms with van der Waals surface area (Å²) >= 11 is 0. The van der Waals surface area contributed by atoms with Crippen molar-refractivity contribution in [1.29, 1.82) is 0 Å². The third-order valence-corrected chi connectivity index (χ3v) is 17.2. The topological polar surface area (TPSA) is 72.8 Å². The molecule has 0 saturated heterocycles. The fraction of sp³-hybridized carbons (Fsp3) is 0.895. The molecule has 5 nitrogen and oxygen atoms in total. The molecule has 0 spiro atoms. The van der Waals surface area contributed by atoms with Crippen molar-refractivity contribution in [2.24, 2.45) is 0 Å². The molecule has 0 aliphatic rings. The SMILES string of the molecule is CCCCCCC/C=C\C/C=C\C/C=C\CCCCCCCCCCCCCCCCCCCCCCCCC(=O)OC(CO)COC(=O)CCCCCCCCCCCCCCCCCCCCCCCCCCCCCCCC. The summed E-state index contributed by atoms with van der Waals surface area (Å²) in [5.41, 5.74) is 0. The molecule has 0 aromatic rings. The number of allylic oxidation sites excluding steroid dienone is 6. The Morgan fingerprint density at radius 1 is 0.284 bits per heavy atom. The molecule has 0 aliphatic heterocycles. The van der Waals surface area contributed by atoms with Gasteiger partial charge in [0.05, 0.1) is 6.61 Å². The van der Waals surface area contributed by atoms with E-state index in [2.05, 4.69) is 50.3 Å². The van der Waals surface area contributed by atoms with Crippen LogP contribution in [-0.4, -0.2) is 36.4 Å². The smallest absolute Gasteiger partial charge is 0.306 e. The lowest BCUT2D eigenvalue weighted by Gasteiger charge is -2.15. The van der Waals surface area contributed by atoms with Crippen molar-refractivity contribution in [2.45, 2.75) is 424 Å². The molecule has 5 heteroatoms. The lowest BCUT2D eigenvalue weighted by molar-refractivity contribution is -0.161. The maximum Gasteiger partial charge on any atom is 0.306 e. The van der Waals surface area contributed by atoms with E-state index in [0.717, 1.165) is 44.9 Å². The fourth-order valence-corrected chi connectivity index (χ4v) is 11.6. The van der Waals surface area contributed by atoms with Gasteiger partial charge in [0.1, 0.15) is 6.61 Å². The van der Waals surface area contributed by atoms with E-state index < -0.39 is 6.10 Å². The van der Waals surface area contributed by atoms with Crippen molar-refractivity contribution >= 4 is 11.9 Å². The highest BCUT2D eigenvalue weighted by molar-refractivity contribution is 5.70. The first-order chi connectivity index (χ1) is 40.1. The van der Waals surface area contributed by atoms with E-state index in [9.17, 15) is 14.7 Å². The van der Waals surface area contributed by atoms with Gasteiger partial charge in [-0.3, -0.25) is 9.59 Å². The summed E-state index contributed by atoms with van der Waals surface area (Å²) < 4.78 is 10.8. The van der Waals surface area contributed by atoms with Crippen LogP contribution >= 0.6 is 0 Å². The number of carbonyl (C=O) groups is 2. The largest absolute Gasteiger partial charge is 0.462 e. The third-order valence-electron chi connectivity index (χ3n) is 17.2. The molecule has 0 aromatic carbocycles. The zero-order valence-corrected chi connectivity index (χ0v) is 55.1. The molecule has 0 fully saturated rings. The number of hydrogen-bond acceptors (Lipinski definition) is 5. The van der Waals surface area contributed by atoms with Gasteiger partial charge in [0, 0.05) is 12.8 Å². The van der Waals surface area contributed by atoms with Gasteiger partial charge in [-0.15, -0.1) is 0 Å². The zero-order valence-electron chi connectivity index (χ0n) is 55.1. The minimum Gasteiger partial charge on any atom is -0.462 e. The first-order valence-electron chi connectivity index (χ1n) is 37.0. The summed E-state index contributed by atoms with van der Waals surface area (Å²) in [6.45, 7) is 4.20. The predicted molar refractivity (Wildman–Crippen MR) is 358 cm³/mol. The second-order valence-electron chi connectivity index (χ2n) is 25.4. The minimum absolute atomic E-state index is 0.0581. The summed E-state index contributed by atoms with van der Waals surface area (Å²) in [5, 5.41) is 9.71. The average molecular weight is 1140 g/mol. The van der Waals surface area contributed by atoms with Gasteiger partial charge >= 0.3 is 11.9 Å². The predicted octanol–water partition coefficient (Wildman–Crippen LogP) is 25.7. The Bertz CT molecular complexity index is 1290. The standard InChI is InChI=1S/C76H144O5/c1-3-5-7-9-11-13-15-17-19-21-23-25-27-29-31-33-35-36-37-38-39-40-41-43-45-47-49-51-53-55-57-59-61-63-65-67-69-71-76(79)81-74(72-77)73-80-75(78)70-68-66-64-62-60-58-56-54-52-50-48-46-44-42-34-32-30-28-26-24-22-20-18-16-14-12-10-8-6-4-2/h15,17,21,23,27,29,74,77H,3-14,16,18-20,22,24-26,28,30-73H2,1-2H3/b17-15-,23-21-,29-27-. The summed E-state index contributed by atoms with van der Waals surface area (Å²) in [6, 6.07) is 0. The number of ether oxygens (including phenoxy) is 2. The molecule has 1 atom stereocenters. The molecule has 0 radical (unpaired) electrons. The maximum absolute atomic E-state index is 12.4.